The number of hydrogen-bond acceptors (Lipinski definition) is 8. The molecule has 0 radical (unpaired) electrons. The Balaban J connectivity index is 1.50. The number of fused-ring (bicyclic) bond motifs is 1. The third kappa shape index (κ3) is 9.23. The van der Waals surface area contributed by atoms with Crippen molar-refractivity contribution in [3.63, 3.8) is 0 Å². The van der Waals surface area contributed by atoms with Crippen molar-refractivity contribution in [1.82, 2.24) is 15.2 Å². The summed E-state index contributed by atoms with van der Waals surface area (Å²) in [6.45, 7) is 6.68. The van der Waals surface area contributed by atoms with E-state index in [0.29, 0.717) is 30.9 Å². The third-order valence-corrected chi connectivity index (χ3v) is 10.2. The van der Waals surface area contributed by atoms with E-state index >= 15 is 0 Å². The molecule has 43 heavy (non-hydrogen) atoms. The highest BCUT2D eigenvalue weighted by atomic mass is 32.2. The number of aliphatic hydroxyl groups is 2. The van der Waals surface area contributed by atoms with Crippen LogP contribution >= 0.6 is 0 Å². The van der Waals surface area contributed by atoms with E-state index < -0.39 is 28.3 Å². The predicted octanol–water partition coefficient (Wildman–Crippen LogP) is 3.68. The van der Waals surface area contributed by atoms with Crippen molar-refractivity contribution < 1.29 is 32.9 Å². The van der Waals surface area contributed by atoms with Gasteiger partial charge in [0.25, 0.3) is 10.0 Å². The minimum absolute atomic E-state index is 0.0269. The van der Waals surface area contributed by atoms with E-state index in [-0.39, 0.29) is 36.2 Å². The number of nitrogens with zero attached hydrogens (tertiary/aromatic N) is 1. The molecule has 11 heteroatoms. The Morgan fingerprint density at radius 3 is 2.53 bits per heavy atom. The number of ether oxygens (including phenoxy) is 2. The number of benzene rings is 2. The number of nitrogens with one attached hydrogen (secondary N) is 2. The number of hydrogen-bond donors (Lipinski definition) is 4. The van der Waals surface area contributed by atoms with Crippen LogP contribution in [0.1, 0.15) is 62.6 Å². The molecule has 238 valence electrons. The first-order valence-electron chi connectivity index (χ1n) is 15.4. The Bertz CT molecular complexity index is 1280. The van der Waals surface area contributed by atoms with Gasteiger partial charge in [0.2, 0.25) is 0 Å². The largest absolute Gasteiger partial charge is 0.446 e. The molecular weight excluding hydrogens is 570 g/mol. The van der Waals surface area contributed by atoms with Crippen LogP contribution in [0.4, 0.5) is 4.79 Å². The number of aryl methyl sites for hydroxylation is 1. The summed E-state index contributed by atoms with van der Waals surface area (Å²) in [5.74, 6) is 0.590. The molecule has 1 aliphatic carbocycles. The maximum atomic E-state index is 13.5. The highest BCUT2D eigenvalue weighted by molar-refractivity contribution is 7.89. The van der Waals surface area contributed by atoms with Gasteiger partial charge in [-0.1, -0.05) is 63.1 Å². The molecule has 0 aromatic heterocycles. The maximum Gasteiger partial charge on any atom is 0.407 e. The highest BCUT2D eigenvalue weighted by Crippen LogP contribution is 2.37. The van der Waals surface area contributed by atoms with Crippen molar-refractivity contribution in [1.29, 1.82) is 0 Å². The standard InChI is InChI=1S/C32H47N3O7S/c1-4-23(5-2)19-35(34-43(39,40)28-12-11-22(3)26(17-28)21-36)20-30(37)29(15-24-9-7-6-8-10-24)33-32(38)42-27-16-25-13-14-41-31(25)18-27/h6-12,17,23,25,27,29-31,34,36-37H,4-5,13-16,18-21H2,1-3H3,(H,33,38)/t25?,27-,29+,30-,31-/m1/s1. The van der Waals surface area contributed by atoms with E-state index in [0.717, 1.165) is 43.4 Å². The molecular formula is C32H47N3O7S. The van der Waals surface area contributed by atoms with Crippen LogP contribution in [-0.4, -0.2) is 73.8 Å². The van der Waals surface area contributed by atoms with Crippen LogP contribution in [0.2, 0.25) is 0 Å². The smallest absolute Gasteiger partial charge is 0.407 e. The minimum Gasteiger partial charge on any atom is -0.446 e. The van der Waals surface area contributed by atoms with Gasteiger partial charge < -0.3 is 25.0 Å². The summed E-state index contributed by atoms with van der Waals surface area (Å²) >= 11 is 0. The monoisotopic (exact) mass is 617 g/mol. The zero-order chi connectivity index (χ0) is 31.0. The molecule has 0 bridgehead atoms. The number of carbonyl (C=O) groups is 1. The molecule has 5 atom stereocenters. The van der Waals surface area contributed by atoms with E-state index in [9.17, 15) is 23.4 Å². The van der Waals surface area contributed by atoms with Gasteiger partial charge in [-0.25, -0.2) is 18.2 Å². The second-order valence-electron chi connectivity index (χ2n) is 11.9. The van der Waals surface area contributed by atoms with Gasteiger partial charge in [0.15, 0.2) is 0 Å². The molecule has 1 amide bonds. The van der Waals surface area contributed by atoms with Gasteiger partial charge in [0.05, 0.1) is 29.8 Å². The summed E-state index contributed by atoms with van der Waals surface area (Å²) in [5, 5.41) is 25.6. The number of alkyl carbamates (subject to hydrolysis) is 1. The predicted molar refractivity (Wildman–Crippen MR) is 163 cm³/mol. The summed E-state index contributed by atoms with van der Waals surface area (Å²) < 4.78 is 38.4. The molecule has 1 saturated carbocycles. The molecule has 1 aliphatic heterocycles. The SMILES string of the molecule is CCC(CC)CN(C[C@@H](O)[C@H](Cc1ccccc1)NC(=O)O[C@@H]1CC2CCO[C@@H]2C1)NS(=O)(=O)c1ccc(C)c(CO)c1. The second kappa shape index (κ2) is 15.5. The van der Waals surface area contributed by atoms with E-state index in [1.54, 1.807) is 6.07 Å². The number of rotatable bonds is 15. The molecule has 4 N–H and O–H groups in total. The summed E-state index contributed by atoms with van der Waals surface area (Å²) in [5.41, 5.74) is 2.23. The first-order chi connectivity index (χ1) is 20.6. The third-order valence-electron chi connectivity index (χ3n) is 8.84. The average molecular weight is 618 g/mol. The molecule has 2 aromatic carbocycles. The van der Waals surface area contributed by atoms with Crippen LogP contribution in [-0.2, 0) is 32.5 Å². The normalized spacial score (nSPS) is 21.6. The van der Waals surface area contributed by atoms with Crippen LogP contribution in [0.15, 0.2) is 53.4 Å². The number of carbonyl (C=O) groups excluding carboxylic acids is 1. The molecule has 1 heterocycles. The fraction of sp³-hybridized carbons (Fsp3) is 0.594. The summed E-state index contributed by atoms with van der Waals surface area (Å²) in [6, 6.07) is 13.4. The van der Waals surface area contributed by atoms with Crippen molar-refractivity contribution in [3.05, 3.63) is 65.2 Å². The number of aliphatic hydroxyl groups excluding tert-OH is 2. The quantitative estimate of drug-likeness (QED) is 0.222. The topological polar surface area (TPSA) is 137 Å². The van der Waals surface area contributed by atoms with Gasteiger partial charge in [0, 0.05) is 26.1 Å². The molecule has 2 aromatic rings. The molecule has 2 aliphatic rings. The van der Waals surface area contributed by atoms with Crippen molar-refractivity contribution in [2.24, 2.45) is 11.8 Å². The van der Waals surface area contributed by atoms with Gasteiger partial charge in [-0.15, -0.1) is 4.83 Å². The van der Waals surface area contributed by atoms with Crippen molar-refractivity contribution in [2.75, 3.05) is 19.7 Å². The first kappa shape index (κ1) is 33.4. The van der Waals surface area contributed by atoms with Gasteiger partial charge in [-0.05, 0) is 66.8 Å². The molecule has 2 fully saturated rings. The van der Waals surface area contributed by atoms with E-state index in [1.165, 1.54) is 17.1 Å². The minimum atomic E-state index is -4.02. The van der Waals surface area contributed by atoms with Gasteiger partial charge in [-0.3, -0.25) is 0 Å². The van der Waals surface area contributed by atoms with E-state index in [1.807, 2.05) is 51.1 Å². The van der Waals surface area contributed by atoms with Gasteiger partial charge in [0.1, 0.15) is 6.10 Å². The molecule has 1 saturated heterocycles. The van der Waals surface area contributed by atoms with Gasteiger partial charge in [-0.2, -0.15) is 0 Å². The first-order valence-corrected chi connectivity index (χ1v) is 16.9. The fourth-order valence-electron chi connectivity index (χ4n) is 6.07. The van der Waals surface area contributed by atoms with Crippen LogP contribution in [0.3, 0.4) is 0 Å². The van der Waals surface area contributed by atoms with Crippen molar-refractivity contribution in [3.8, 4) is 0 Å². The Kier molecular flexibility index (Phi) is 12.0. The lowest BCUT2D eigenvalue weighted by molar-refractivity contribution is 0.0445. The summed E-state index contributed by atoms with van der Waals surface area (Å²) in [4.78, 5) is 15.7. The number of amides is 1. The zero-order valence-electron chi connectivity index (χ0n) is 25.4. The number of sulfonamides is 1. The Hall–Kier alpha value is -2.54. The van der Waals surface area contributed by atoms with Gasteiger partial charge >= 0.3 is 6.09 Å². The Morgan fingerprint density at radius 1 is 1.12 bits per heavy atom. The summed E-state index contributed by atoms with van der Waals surface area (Å²) in [6.07, 6.45) is 2.59. The lowest BCUT2D eigenvalue weighted by atomic mass is 10.00. The molecule has 0 spiro atoms. The lowest BCUT2D eigenvalue weighted by Crippen LogP contribution is -2.54. The van der Waals surface area contributed by atoms with Crippen molar-refractivity contribution in [2.45, 2.75) is 95.2 Å². The van der Waals surface area contributed by atoms with E-state index in [4.69, 9.17) is 9.47 Å². The van der Waals surface area contributed by atoms with Crippen LogP contribution in [0, 0.1) is 18.8 Å². The van der Waals surface area contributed by atoms with E-state index in [2.05, 4.69) is 10.1 Å². The van der Waals surface area contributed by atoms with Crippen LogP contribution in [0.25, 0.3) is 0 Å². The fourth-order valence-corrected chi connectivity index (χ4v) is 7.21. The van der Waals surface area contributed by atoms with Crippen LogP contribution in [0.5, 0.6) is 0 Å². The molecule has 4 rings (SSSR count). The van der Waals surface area contributed by atoms with Crippen molar-refractivity contribution >= 4 is 16.1 Å². The second-order valence-corrected chi connectivity index (χ2v) is 13.6. The Labute approximate surface area is 255 Å². The van der Waals surface area contributed by atoms with Crippen LogP contribution < -0.4 is 10.1 Å². The average Bonchev–Trinajstić information content (AvgIpc) is 3.58. The Morgan fingerprint density at radius 2 is 1.86 bits per heavy atom. The lowest BCUT2D eigenvalue weighted by Gasteiger charge is -2.32. The molecule has 1 unspecified atom stereocenters. The molecule has 10 nitrogen and oxygen atoms in total. The summed E-state index contributed by atoms with van der Waals surface area (Å²) in [7, 11) is -4.02. The zero-order valence-corrected chi connectivity index (χ0v) is 26.3. The maximum absolute atomic E-state index is 13.5. The highest BCUT2D eigenvalue weighted by Gasteiger charge is 2.40. The number of hydrazine groups is 1.